The minimum atomic E-state index is -4.53. The summed E-state index contributed by atoms with van der Waals surface area (Å²) in [6, 6.07) is 4.06. The van der Waals surface area contributed by atoms with Crippen molar-refractivity contribution in [1.82, 2.24) is 9.88 Å². The van der Waals surface area contributed by atoms with E-state index in [1.54, 1.807) is 13.1 Å². The summed E-state index contributed by atoms with van der Waals surface area (Å²) in [4.78, 5) is 29.5. The summed E-state index contributed by atoms with van der Waals surface area (Å²) < 4.78 is 38.1. The van der Waals surface area contributed by atoms with Crippen molar-refractivity contribution in [3.63, 3.8) is 0 Å². The van der Waals surface area contributed by atoms with Crippen LogP contribution in [-0.4, -0.2) is 35.3 Å². The molecule has 2 aromatic rings. The third kappa shape index (κ3) is 4.66. The maximum Gasteiger partial charge on any atom is 0.416 e. The number of rotatable bonds is 5. The average Bonchev–Trinajstić information content (AvgIpc) is 3.02. The van der Waals surface area contributed by atoms with Gasteiger partial charge in [0.15, 0.2) is 5.13 Å². The van der Waals surface area contributed by atoms with Gasteiger partial charge in [-0.25, -0.2) is 4.98 Å². The quantitative estimate of drug-likeness (QED) is 0.818. The molecule has 1 heterocycles. The first kappa shape index (κ1) is 18.7. The minimum Gasteiger partial charge on any atom is -0.337 e. The summed E-state index contributed by atoms with van der Waals surface area (Å²) in [5.41, 5.74) is -0.934. The zero-order valence-corrected chi connectivity index (χ0v) is 13.9. The summed E-state index contributed by atoms with van der Waals surface area (Å²) in [5.74, 6) is -1.09. The molecule has 5 nitrogen and oxygen atoms in total. The van der Waals surface area contributed by atoms with Crippen LogP contribution in [0.3, 0.4) is 0 Å². The van der Waals surface area contributed by atoms with E-state index in [0.29, 0.717) is 6.54 Å². The van der Waals surface area contributed by atoms with Crippen molar-refractivity contribution in [2.75, 3.05) is 18.9 Å². The van der Waals surface area contributed by atoms with E-state index >= 15 is 0 Å². The number of hydrogen-bond donors (Lipinski definition) is 1. The molecule has 2 amide bonds. The number of thiazole rings is 1. The van der Waals surface area contributed by atoms with Gasteiger partial charge in [0.2, 0.25) is 0 Å². The third-order valence-corrected chi connectivity index (χ3v) is 3.90. The number of carbonyl (C=O) groups is 2. The van der Waals surface area contributed by atoms with Crippen LogP contribution in [0.25, 0.3) is 0 Å². The Balaban J connectivity index is 2.12. The number of aromatic nitrogens is 1. The molecule has 0 spiro atoms. The topological polar surface area (TPSA) is 62.3 Å². The number of likely N-dealkylation sites (N-methyl/N-ethyl adjacent to an activating group) is 1. The van der Waals surface area contributed by atoms with E-state index in [-0.39, 0.29) is 22.3 Å². The summed E-state index contributed by atoms with van der Waals surface area (Å²) in [7, 11) is 1.57. The fourth-order valence-corrected chi connectivity index (χ4v) is 2.59. The number of anilines is 1. The highest BCUT2D eigenvalue weighted by Crippen LogP contribution is 2.29. The second-order valence-electron chi connectivity index (χ2n) is 5.04. The molecule has 25 heavy (non-hydrogen) atoms. The van der Waals surface area contributed by atoms with Gasteiger partial charge in [-0.3, -0.25) is 14.9 Å². The molecule has 0 atom stereocenters. The Labute approximate surface area is 145 Å². The van der Waals surface area contributed by atoms with Crippen LogP contribution in [-0.2, 0) is 6.18 Å². The van der Waals surface area contributed by atoms with Crippen LogP contribution < -0.4 is 5.32 Å². The zero-order valence-electron chi connectivity index (χ0n) is 13.1. The molecule has 0 radical (unpaired) electrons. The molecule has 0 aliphatic carbocycles. The Kier molecular flexibility index (Phi) is 5.58. The van der Waals surface area contributed by atoms with Crippen molar-refractivity contribution in [1.29, 1.82) is 0 Å². The van der Waals surface area contributed by atoms with Gasteiger partial charge in [0.25, 0.3) is 11.8 Å². The van der Waals surface area contributed by atoms with E-state index in [2.05, 4.69) is 16.9 Å². The highest BCUT2D eigenvalue weighted by molar-refractivity contribution is 7.14. The van der Waals surface area contributed by atoms with Crippen LogP contribution >= 0.6 is 11.3 Å². The largest absolute Gasteiger partial charge is 0.416 e. The minimum absolute atomic E-state index is 0.123. The molecular weight excluding hydrogens is 355 g/mol. The molecule has 0 saturated heterocycles. The number of nitrogens with zero attached hydrogens (tertiary/aromatic N) is 2. The van der Waals surface area contributed by atoms with Crippen molar-refractivity contribution in [3.8, 4) is 0 Å². The molecule has 0 aliphatic heterocycles. The molecule has 0 bridgehead atoms. The first-order chi connectivity index (χ1) is 11.7. The normalized spacial score (nSPS) is 11.0. The van der Waals surface area contributed by atoms with Gasteiger partial charge < -0.3 is 4.90 Å². The van der Waals surface area contributed by atoms with Gasteiger partial charge in [-0.1, -0.05) is 12.1 Å². The van der Waals surface area contributed by atoms with Crippen LogP contribution in [0.4, 0.5) is 18.3 Å². The van der Waals surface area contributed by atoms with Crippen LogP contribution in [0.15, 0.2) is 42.3 Å². The van der Waals surface area contributed by atoms with Crippen molar-refractivity contribution < 1.29 is 22.8 Å². The SMILES string of the molecule is C=CCN(C)C(=O)c1csc(NC(=O)c2cccc(C(F)(F)F)c2)n1. The number of hydrogen-bond acceptors (Lipinski definition) is 4. The fourth-order valence-electron chi connectivity index (χ4n) is 1.91. The van der Waals surface area contributed by atoms with E-state index < -0.39 is 17.6 Å². The maximum absolute atomic E-state index is 12.7. The van der Waals surface area contributed by atoms with Crippen LogP contribution in [0.2, 0.25) is 0 Å². The first-order valence-corrected chi connectivity index (χ1v) is 7.91. The first-order valence-electron chi connectivity index (χ1n) is 7.03. The highest BCUT2D eigenvalue weighted by Gasteiger charge is 2.31. The molecule has 132 valence electrons. The number of benzene rings is 1. The van der Waals surface area contributed by atoms with Gasteiger partial charge in [-0.15, -0.1) is 17.9 Å². The number of halogens is 3. The van der Waals surface area contributed by atoms with Crippen LogP contribution in [0.5, 0.6) is 0 Å². The van der Waals surface area contributed by atoms with Gasteiger partial charge in [-0.05, 0) is 18.2 Å². The van der Waals surface area contributed by atoms with Gasteiger partial charge in [0.1, 0.15) is 5.69 Å². The Bertz CT molecular complexity index is 802. The lowest BCUT2D eigenvalue weighted by Crippen LogP contribution is -2.27. The van der Waals surface area contributed by atoms with E-state index in [4.69, 9.17) is 0 Å². The van der Waals surface area contributed by atoms with E-state index in [1.165, 1.54) is 16.3 Å². The predicted molar refractivity (Wildman–Crippen MR) is 88.7 cm³/mol. The summed E-state index contributed by atoms with van der Waals surface area (Å²) in [5, 5.41) is 3.98. The lowest BCUT2D eigenvalue weighted by atomic mass is 10.1. The van der Waals surface area contributed by atoms with Crippen molar-refractivity contribution in [2.24, 2.45) is 0 Å². The third-order valence-electron chi connectivity index (χ3n) is 3.15. The fraction of sp³-hybridized carbons (Fsp3) is 0.188. The molecule has 9 heteroatoms. The Morgan fingerprint density at radius 2 is 2.12 bits per heavy atom. The molecule has 0 fully saturated rings. The highest BCUT2D eigenvalue weighted by atomic mass is 32.1. The molecule has 0 aliphatic rings. The Morgan fingerprint density at radius 1 is 1.40 bits per heavy atom. The smallest absolute Gasteiger partial charge is 0.337 e. The lowest BCUT2D eigenvalue weighted by Gasteiger charge is -2.12. The van der Waals surface area contributed by atoms with Crippen molar-refractivity contribution in [3.05, 3.63) is 59.1 Å². The standard InChI is InChI=1S/C16H14F3N3O2S/c1-3-7-22(2)14(24)12-9-25-15(20-12)21-13(23)10-5-4-6-11(8-10)16(17,18)19/h3-6,8-9H,1,7H2,2H3,(H,20,21,23). The van der Waals surface area contributed by atoms with E-state index in [9.17, 15) is 22.8 Å². The maximum atomic E-state index is 12.7. The number of carbonyl (C=O) groups excluding carboxylic acids is 2. The summed E-state index contributed by atoms with van der Waals surface area (Å²) in [6.07, 6.45) is -2.98. The Hall–Kier alpha value is -2.68. The van der Waals surface area contributed by atoms with Crippen molar-refractivity contribution in [2.45, 2.75) is 6.18 Å². The van der Waals surface area contributed by atoms with E-state index in [1.807, 2.05) is 0 Å². The van der Waals surface area contributed by atoms with Gasteiger partial charge in [0, 0.05) is 24.5 Å². The van der Waals surface area contributed by atoms with Crippen LogP contribution in [0.1, 0.15) is 26.4 Å². The molecule has 1 N–H and O–H groups in total. The predicted octanol–water partition coefficient (Wildman–Crippen LogP) is 3.67. The van der Waals surface area contributed by atoms with Crippen molar-refractivity contribution >= 4 is 28.3 Å². The zero-order chi connectivity index (χ0) is 18.6. The number of amides is 2. The second-order valence-corrected chi connectivity index (χ2v) is 5.90. The molecular formula is C16H14F3N3O2S. The molecule has 0 saturated carbocycles. The van der Waals surface area contributed by atoms with Gasteiger partial charge in [0.05, 0.1) is 5.56 Å². The lowest BCUT2D eigenvalue weighted by molar-refractivity contribution is -0.137. The van der Waals surface area contributed by atoms with Crippen LogP contribution in [0, 0.1) is 0 Å². The number of alkyl halides is 3. The molecule has 0 unspecified atom stereocenters. The summed E-state index contributed by atoms with van der Waals surface area (Å²) >= 11 is 1.01. The van der Waals surface area contributed by atoms with Gasteiger partial charge in [-0.2, -0.15) is 13.2 Å². The molecule has 1 aromatic heterocycles. The van der Waals surface area contributed by atoms with Gasteiger partial charge >= 0.3 is 6.18 Å². The average molecular weight is 369 g/mol. The summed E-state index contributed by atoms with van der Waals surface area (Å²) in [6.45, 7) is 3.87. The molecule has 1 aromatic carbocycles. The second kappa shape index (κ2) is 7.47. The molecule has 2 rings (SSSR count). The van der Waals surface area contributed by atoms with E-state index in [0.717, 1.165) is 29.5 Å². The Morgan fingerprint density at radius 3 is 2.76 bits per heavy atom. The number of nitrogens with one attached hydrogen (secondary N) is 1. The monoisotopic (exact) mass is 369 g/mol.